The molecule has 1 aromatic rings. The van der Waals surface area contributed by atoms with Gasteiger partial charge in [0.1, 0.15) is 18.1 Å². The maximum absolute atomic E-state index is 5.59. The van der Waals surface area contributed by atoms with Crippen molar-refractivity contribution in [3.8, 4) is 0 Å². The molecule has 1 aromatic heterocycles. The molecule has 0 saturated carbocycles. The van der Waals surface area contributed by atoms with E-state index >= 15 is 0 Å². The Kier molecular flexibility index (Phi) is 4.75. The molecule has 2 rings (SSSR count). The maximum atomic E-state index is 5.59. The van der Waals surface area contributed by atoms with Crippen molar-refractivity contribution in [2.75, 3.05) is 19.4 Å². The molecule has 0 radical (unpaired) electrons. The average Bonchev–Trinajstić information content (AvgIpc) is 2.90. The van der Waals surface area contributed by atoms with E-state index in [1.54, 1.807) is 7.11 Å². The van der Waals surface area contributed by atoms with Crippen LogP contribution in [-0.4, -0.2) is 24.7 Å². The molecular weight excluding hydrogens is 222 g/mol. The summed E-state index contributed by atoms with van der Waals surface area (Å²) in [7, 11) is 1.68. The monoisotopic (exact) mass is 241 g/mol. The third-order valence-corrected chi connectivity index (χ3v) is 4.10. The van der Waals surface area contributed by atoms with Gasteiger partial charge in [-0.1, -0.05) is 0 Å². The van der Waals surface area contributed by atoms with Gasteiger partial charge in [-0.05, 0) is 30.7 Å². The summed E-state index contributed by atoms with van der Waals surface area (Å²) >= 11 is 2.08. The van der Waals surface area contributed by atoms with Gasteiger partial charge in [0, 0.05) is 18.9 Å². The summed E-state index contributed by atoms with van der Waals surface area (Å²) in [5.41, 5.74) is 0. The van der Waals surface area contributed by atoms with Gasteiger partial charge in [-0.3, -0.25) is 0 Å². The lowest BCUT2D eigenvalue weighted by Gasteiger charge is -2.08. The van der Waals surface area contributed by atoms with Gasteiger partial charge in [-0.15, -0.1) is 0 Å². The highest BCUT2D eigenvalue weighted by atomic mass is 32.2. The Labute approximate surface area is 101 Å². The van der Waals surface area contributed by atoms with E-state index < -0.39 is 0 Å². The molecular formula is C12H19NO2S. The van der Waals surface area contributed by atoms with Gasteiger partial charge in [-0.25, -0.2) is 0 Å². The number of hydrogen-bond donors (Lipinski definition) is 1. The first kappa shape index (κ1) is 12.0. The zero-order valence-electron chi connectivity index (χ0n) is 9.70. The molecule has 1 saturated heterocycles. The predicted octanol–water partition coefficient (Wildman–Crippen LogP) is 2.41. The van der Waals surface area contributed by atoms with Gasteiger partial charge in [0.05, 0.1) is 6.54 Å². The van der Waals surface area contributed by atoms with Crippen molar-refractivity contribution in [1.82, 2.24) is 5.32 Å². The van der Waals surface area contributed by atoms with E-state index in [1.165, 1.54) is 18.6 Å². The summed E-state index contributed by atoms with van der Waals surface area (Å²) in [5, 5.41) is 4.24. The molecule has 90 valence electrons. The van der Waals surface area contributed by atoms with Crippen LogP contribution in [0.5, 0.6) is 0 Å². The number of thioether (sulfide) groups is 1. The lowest BCUT2D eigenvalue weighted by Crippen LogP contribution is -2.22. The highest BCUT2D eigenvalue weighted by Crippen LogP contribution is 2.25. The van der Waals surface area contributed by atoms with Crippen LogP contribution in [0.2, 0.25) is 0 Å². The molecule has 1 aliphatic rings. The van der Waals surface area contributed by atoms with E-state index in [1.807, 2.05) is 12.1 Å². The SMILES string of the molecule is COCc1ccc(CNCC2CCCS2)o1. The summed E-state index contributed by atoms with van der Waals surface area (Å²) < 4.78 is 10.6. The van der Waals surface area contributed by atoms with Gasteiger partial charge in [0.15, 0.2) is 0 Å². The number of ether oxygens (including phenoxy) is 1. The average molecular weight is 241 g/mol. The number of nitrogens with one attached hydrogen (secondary N) is 1. The van der Waals surface area contributed by atoms with Crippen LogP contribution in [0.3, 0.4) is 0 Å². The molecule has 1 unspecified atom stereocenters. The molecule has 1 aliphatic heterocycles. The minimum absolute atomic E-state index is 0.554. The van der Waals surface area contributed by atoms with Crippen molar-refractivity contribution in [2.24, 2.45) is 0 Å². The normalized spacial score (nSPS) is 20.4. The lowest BCUT2D eigenvalue weighted by molar-refractivity contribution is 0.162. The molecule has 0 bridgehead atoms. The van der Waals surface area contributed by atoms with Crippen LogP contribution in [0.25, 0.3) is 0 Å². The summed E-state index contributed by atoms with van der Waals surface area (Å²) in [6.45, 7) is 2.46. The van der Waals surface area contributed by atoms with Gasteiger partial charge in [0.2, 0.25) is 0 Å². The number of furan rings is 1. The Morgan fingerprint density at radius 1 is 1.50 bits per heavy atom. The van der Waals surface area contributed by atoms with E-state index in [-0.39, 0.29) is 0 Å². The van der Waals surface area contributed by atoms with Crippen LogP contribution in [0.15, 0.2) is 16.5 Å². The minimum atomic E-state index is 0.554. The molecule has 0 aliphatic carbocycles. The highest BCUT2D eigenvalue weighted by molar-refractivity contribution is 8.00. The first-order valence-electron chi connectivity index (χ1n) is 5.77. The molecule has 3 nitrogen and oxygen atoms in total. The highest BCUT2D eigenvalue weighted by Gasteiger charge is 2.14. The van der Waals surface area contributed by atoms with Crippen molar-refractivity contribution >= 4 is 11.8 Å². The molecule has 1 fully saturated rings. The Morgan fingerprint density at radius 2 is 2.38 bits per heavy atom. The van der Waals surface area contributed by atoms with Crippen molar-refractivity contribution < 1.29 is 9.15 Å². The van der Waals surface area contributed by atoms with E-state index in [4.69, 9.17) is 9.15 Å². The number of rotatable bonds is 6. The summed E-state index contributed by atoms with van der Waals surface area (Å²) in [4.78, 5) is 0. The van der Waals surface area contributed by atoms with Crippen molar-refractivity contribution in [2.45, 2.75) is 31.2 Å². The fourth-order valence-electron chi connectivity index (χ4n) is 1.90. The summed E-state index contributed by atoms with van der Waals surface area (Å²) in [6.07, 6.45) is 2.72. The van der Waals surface area contributed by atoms with E-state index in [2.05, 4.69) is 17.1 Å². The molecule has 1 atom stereocenters. The molecule has 1 N–H and O–H groups in total. The fraction of sp³-hybridized carbons (Fsp3) is 0.667. The maximum Gasteiger partial charge on any atom is 0.129 e. The first-order chi connectivity index (χ1) is 7.88. The van der Waals surface area contributed by atoms with E-state index in [9.17, 15) is 0 Å². The van der Waals surface area contributed by atoms with Crippen LogP contribution in [0, 0.1) is 0 Å². The molecule has 0 amide bonds. The van der Waals surface area contributed by atoms with Crippen molar-refractivity contribution in [3.05, 3.63) is 23.7 Å². The van der Waals surface area contributed by atoms with E-state index in [0.29, 0.717) is 6.61 Å². The summed E-state index contributed by atoms with van der Waals surface area (Å²) in [6, 6.07) is 3.99. The molecule has 4 heteroatoms. The minimum Gasteiger partial charge on any atom is -0.462 e. The van der Waals surface area contributed by atoms with Gasteiger partial charge in [0.25, 0.3) is 0 Å². The number of methoxy groups -OCH3 is 1. The largest absolute Gasteiger partial charge is 0.462 e. The standard InChI is InChI=1S/C12H19NO2S/c1-14-9-11-5-4-10(15-11)7-13-8-12-3-2-6-16-12/h4-5,12-13H,2-3,6-9H2,1H3. The van der Waals surface area contributed by atoms with Crippen LogP contribution in [0.4, 0.5) is 0 Å². The van der Waals surface area contributed by atoms with Crippen LogP contribution in [0.1, 0.15) is 24.4 Å². The number of hydrogen-bond acceptors (Lipinski definition) is 4. The van der Waals surface area contributed by atoms with Crippen molar-refractivity contribution in [3.63, 3.8) is 0 Å². The first-order valence-corrected chi connectivity index (χ1v) is 6.82. The second-order valence-corrected chi connectivity index (χ2v) is 5.48. The van der Waals surface area contributed by atoms with Crippen LogP contribution >= 0.6 is 11.8 Å². The Morgan fingerprint density at radius 3 is 3.12 bits per heavy atom. The van der Waals surface area contributed by atoms with Crippen molar-refractivity contribution in [1.29, 1.82) is 0 Å². The zero-order valence-corrected chi connectivity index (χ0v) is 10.5. The predicted molar refractivity (Wildman–Crippen MR) is 66.6 cm³/mol. The quantitative estimate of drug-likeness (QED) is 0.829. The molecule has 0 aromatic carbocycles. The third kappa shape index (κ3) is 3.54. The second kappa shape index (κ2) is 6.33. The molecule has 0 spiro atoms. The zero-order chi connectivity index (χ0) is 11.2. The fourth-order valence-corrected chi connectivity index (χ4v) is 3.13. The van der Waals surface area contributed by atoms with Crippen LogP contribution < -0.4 is 5.32 Å². The van der Waals surface area contributed by atoms with Gasteiger partial charge < -0.3 is 14.5 Å². The van der Waals surface area contributed by atoms with Gasteiger partial charge >= 0.3 is 0 Å². The Bertz CT molecular complexity index is 308. The van der Waals surface area contributed by atoms with Crippen LogP contribution in [-0.2, 0) is 17.9 Å². The Hall–Kier alpha value is -0.450. The van der Waals surface area contributed by atoms with Gasteiger partial charge in [-0.2, -0.15) is 11.8 Å². The lowest BCUT2D eigenvalue weighted by atomic mass is 10.2. The second-order valence-electron chi connectivity index (χ2n) is 4.07. The molecule has 16 heavy (non-hydrogen) atoms. The van der Waals surface area contributed by atoms with E-state index in [0.717, 1.165) is 29.9 Å². The smallest absolute Gasteiger partial charge is 0.129 e. The molecule has 2 heterocycles. The summed E-state index contributed by atoms with van der Waals surface area (Å²) in [5.74, 6) is 3.22. The third-order valence-electron chi connectivity index (χ3n) is 2.70. The Balaban J connectivity index is 1.67. The topological polar surface area (TPSA) is 34.4 Å².